The number of alkyl halides is 3. The lowest BCUT2D eigenvalue weighted by Gasteiger charge is -2.23. The van der Waals surface area contributed by atoms with Gasteiger partial charge in [0.1, 0.15) is 11.4 Å². The second-order valence-electron chi connectivity index (χ2n) is 6.90. The zero-order valence-electron chi connectivity index (χ0n) is 14.5. The zero-order chi connectivity index (χ0) is 18.0. The predicted molar refractivity (Wildman–Crippen MR) is 91.9 cm³/mol. The van der Waals surface area contributed by atoms with E-state index in [-0.39, 0.29) is 42.2 Å². The molecule has 1 saturated heterocycles. The van der Waals surface area contributed by atoms with E-state index in [2.05, 4.69) is 10.6 Å². The molecule has 1 fully saturated rings. The van der Waals surface area contributed by atoms with Crippen molar-refractivity contribution in [3.05, 3.63) is 29.3 Å². The zero-order valence-corrected chi connectivity index (χ0v) is 15.3. The van der Waals surface area contributed by atoms with Gasteiger partial charge in [0.2, 0.25) is 5.91 Å². The van der Waals surface area contributed by atoms with Crippen molar-refractivity contribution in [2.75, 3.05) is 6.54 Å². The van der Waals surface area contributed by atoms with Crippen molar-refractivity contribution in [3.8, 4) is 5.75 Å². The van der Waals surface area contributed by atoms with Gasteiger partial charge in [-0.2, -0.15) is 13.2 Å². The number of rotatable bonds is 4. The molecule has 8 heteroatoms. The monoisotopic (exact) mass is 380 g/mol. The lowest BCUT2D eigenvalue weighted by molar-refractivity contribution is -0.138. The van der Waals surface area contributed by atoms with Crippen molar-refractivity contribution < 1.29 is 22.7 Å². The van der Waals surface area contributed by atoms with E-state index >= 15 is 0 Å². The van der Waals surface area contributed by atoms with Gasteiger partial charge in [0.25, 0.3) is 0 Å². The van der Waals surface area contributed by atoms with Crippen LogP contribution < -0.4 is 15.4 Å². The van der Waals surface area contributed by atoms with Gasteiger partial charge in [0.15, 0.2) is 0 Å². The molecule has 0 saturated carbocycles. The molecule has 1 aromatic carbocycles. The average molecular weight is 381 g/mol. The van der Waals surface area contributed by atoms with E-state index in [0.717, 1.165) is 19.0 Å². The van der Waals surface area contributed by atoms with Crippen molar-refractivity contribution in [2.24, 2.45) is 0 Å². The van der Waals surface area contributed by atoms with E-state index in [4.69, 9.17) is 4.74 Å². The third-order valence-corrected chi connectivity index (χ3v) is 3.64. The number of ether oxygens (including phenoxy) is 1. The molecule has 0 spiro atoms. The van der Waals surface area contributed by atoms with Crippen LogP contribution in [0.4, 0.5) is 13.2 Å². The summed E-state index contributed by atoms with van der Waals surface area (Å²) in [6.07, 6.45) is -2.91. The molecule has 1 unspecified atom stereocenters. The maximum Gasteiger partial charge on any atom is 0.416 e. The third kappa shape index (κ3) is 6.40. The van der Waals surface area contributed by atoms with Crippen molar-refractivity contribution in [3.63, 3.8) is 0 Å². The first kappa shape index (κ1) is 21.6. The highest BCUT2D eigenvalue weighted by molar-refractivity contribution is 5.85. The quantitative estimate of drug-likeness (QED) is 0.838. The molecule has 1 amide bonds. The Kier molecular flexibility index (Phi) is 7.14. The van der Waals surface area contributed by atoms with Crippen LogP contribution in [0.25, 0.3) is 0 Å². The number of amides is 1. The summed E-state index contributed by atoms with van der Waals surface area (Å²) in [5.41, 5.74) is -1.36. The average Bonchev–Trinajstić information content (AvgIpc) is 2.97. The Labute approximate surface area is 151 Å². The second kappa shape index (κ2) is 8.27. The van der Waals surface area contributed by atoms with Crippen LogP contribution in [0.1, 0.15) is 44.7 Å². The van der Waals surface area contributed by atoms with Gasteiger partial charge in [-0.15, -0.1) is 12.4 Å². The van der Waals surface area contributed by atoms with Crippen molar-refractivity contribution in [2.45, 2.75) is 58.0 Å². The molecule has 1 aromatic rings. The number of nitrogens with one attached hydrogen (secondary N) is 2. The molecule has 0 aliphatic carbocycles. The molecule has 0 bridgehead atoms. The molecule has 2 rings (SSSR count). The second-order valence-corrected chi connectivity index (χ2v) is 6.90. The lowest BCUT2D eigenvalue weighted by Crippen LogP contribution is -2.40. The number of halogens is 4. The molecular weight excluding hydrogens is 357 g/mol. The van der Waals surface area contributed by atoms with Gasteiger partial charge in [0.05, 0.1) is 11.6 Å². The van der Waals surface area contributed by atoms with Crippen molar-refractivity contribution >= 4 is 18.3 Å². The summed E-state index contributed by atoms with van der Waals surface area (Å²) in [6, 6.07) is 3.52. The minimum atomic E-state index is -4.51. The predicted octanol–water partition coefficient (Wildman–Crippen LogP) is 3.67. The van der Waals surface area contributed by atoms with Gasteiger partial charge in [0, 0.05) is 6.54 Å². The first-order valence-corrected chi connectivity index (χ1v) is 7.96. The maximum absolute atomic E-state index is 13.3. The van der Waals surface area contributed by atoms with Crippen LogP contribution in [0.2, 0.25) is 0 Å². The van der Waals surface area contributed by atoms with Gasteiger partial charge in [-0.1, -0.05) is 6.07 Å². The summed E-state index contributed by atoms with van der Waals surface area (Å²) < 4.78 is 45.4. The Morgan fingerprint density at radius 3 is 2.52 bits per heavy atom. The molecule has 2 N–H and O–H groups in total. The van der Waals surface area contributed by atoms with E-state index in [9.17, 15) is 18.0 Å². The fourth-order valence-corrected chi connectivity index (χ4v) is 2.60. The van der Waals surface area contributed by atoms with Gasteiger partial charge in [-0.3, -0.25) is 4.79 Å². The summed E-state index contributed by atoms with van der Waals surface area (Å²) in [7, 11) is 0. The number of hydrogen-bond donors (Lipinski definition) is 2. The standard InChI is InChI=1S/C17H23F3N2O2.ClH/c1-16(2,3)24-12-7-6-11(13(9-12)17(18,19)20)10-22-15(23)14-5-4-8-21-14;/h6-7,9,14,21H,4-5,8,10H2,1-3H3,(H,22,23);1H. The molecular formula is C17H24ClF3N2O2. The van der Waals surface area contributed by atoms with E-state index < -0.39 is 17.3 Å². The van der Waals surface area contributed by atoms with Gasteiger partial charge >= 0.3 is 6.18 Å². The summed E-state index contributed by atoms with van der Waals surface area (Å²) in [5, 5.41) is 5.60. The number of hydrogen-bond acceptors (Lipinski definition) is 3. The van der Waals surface area contributed by atoms with Crippen LogP contribution in [0.15, 0.2) is 18.2 Å². The Bertz CT molecular complexity index is 595. The lowest BCUT2D eigenvalue weighted by atomic mass is 10.1. The third-order valence-electron chi connectivity index (χ3n) is 3.64. The minimum Gasteiger partial charge on any atom is -0.488 e. The first-order valence-electron chi connectivity index (χ1n) is 7.96. The van der Waals surface area contributed by atoms with Crippen molar-refractivity contribution in [1.29, 1.82) is 0 Å². The van der Waals surface area contributed by atoms with Crippen LogP contribution in [-0.4, -0.2) is 24.1 Å². The Hall–Kier alpha value is -1.47. The molecule has 142 valence electrons. The molecule has 25 heavy (non-hydrogen) atoms. The van der Waals surface area contributed by atoms with Crippen molar-refractivity contribution in [1.82, 2.24) is 10.6 Å². The largest absolute Gasteiger partial charge is 0.488 e. The van der Waals surface area contributed by atoms with E-state index in [0.29, 0.717) is 6.42 Å². The smallest absolute Gasteiger partial charge is 0.416 e. The molecule has 1 aliphatic rings. The summed E-state index contributed by atoms with van der Waals surface area (Å²) in [5.74, 6) is -0.113. The molecule has 1 atom stereocenters. The normalized spacial score (nSPS) is 17.8. The van der Waals surface area contributed by atoms with Crippen LogP contribution in [0.3, 0.4) is 0 Å². The Morgan fingerprint density at radius 1 is 1.32 bits per heavy atom. The highest BCUT2D eigenvalue weighted by atomic mass is 35.5. The van der Waals surface area contributed by atoms with Gasteiger partial charge in [-0.25, -0.2) is 0 Å². The van der Waals surface area contributed by atoms with Gasteiger partial charge in [-0.05, 0) is 57.9 Å². The van der Waals surface area contributed by atoms with Crippen LogP contribution >= 0.6 is 12.4 Å². The molecule has 1 heterocycles. The Balaban J connectivity index is 0.00000312. The summed E-state index contributed by atoms with van der Waals surface area (Å²) in [4.78, 5) is 12.0. The topological polar surface area (TPSA) is 50.4 Å². The van der Waals surface area contributed by atoms with Gasteiger partial charge < -0.3 is 15.4 Å². The maximum atomic E-state index is 13.3. The fraction of sp³-hybridized carbons (Fsp3) is 0.588. The van der Waals surface area contributed by atoms with Crippen LogP contribution in [0, 0.1) is 0 Å². The van der Waals surface area contributed by atoms with E-state index in [1.807, 2.05) is 0 Å². The highest BCUT2D eigenvalue weighted by Gasteiger charge is 2.34. The summed E-state index contributed by atoms with van der Waals surface area (Å²) >= 11 is 0. The molecule has 0 aromatic heterocycles. The van der Waals surface area contributed by atoms with Crippen LogP contribution in [-0.2, 0) is 17.5 Å². The van der Waals surface area contributed by atoms with E-state index in [1.165, 1.54) is 12.1 Å². The minimum absolute atomic E-state index is 0. The molecule has 0 radical (unpaired) electrons. The summed E-state index contributed by atoms with van der Waals surface area (Å²) in [6.45, 7) is 5.89. The number of carbonyl (C=O) groups is 1. The molecule has 1 aliphatic heterocycles. The molecule has 4 nitrogen and oxygen atoms in total. The Morgan fingerprint density at radius 2 is 2.00 bits per heavy atom. The fourth-order valence-electron chi connectivity index (χ4n) is 2.60. The SMILES string of the molecule is CC(C)(C)Oc1ccc(CNC(=O)C2CCCN2)c(C(F)(F)F)c1.Cl. The van der Waals surface area contributed by atoms with Crippen LogP contribution in [0.5, 0.6) is 5.75 Å². The number of benzene rings is 1. The van der Waals surface area contributed by atoms with E-state index in [1.54, 1.807) is 20.8 Å². The first-order chi connectivity index (χ1) is 11.1. The number of carbonyl (C=O) groups excluding carboxylic acids is 1. The highest BCUT2D eigenvalue weighted by Crippen LogP contribution is 2.35.